The van der Waals surface area contributed by atoms with Gasteiger partial charge in [0.2, 0.25) is 5.91 Å². The van der Waals surface area contributed by atoms with E-state index < -0.39 is 0 Å². The van der Waals surface area contributed by atoms with Crippen LogP contribution < -0.4 is 15.5 Å². The van der Waals surface area contributed by atoms with Gasteiger partial charge in [-0.25, -0.2) is 0 Å². The van der Waals surface area contributed by atoms with Crippen molar-refractivity contribution in [1.82, 2.24) is 20.4 Å². The zero-order chi connectivity index (χ0) is 22.9. The topological polar surface area (TPSA) is 63.2 Å². The Balaban J connectivity index is 1.25. The largest absolute Gasteiger partial charge is 0.368 e. The van der Waals surface area contributed by atoms with E-state index >= 15 is 0 Å². The fourth-order valence-electron chi connectivity index (χ4n) is 4.72. The van der Waals surface area contributed by atoms with Crippen molar-refractivity contribution < 1.29 is 4.79 Å². The smallest absolute Gasteiger partial charge is 0.242 e. The van der Waals surface area contributed by atoms with Crippen LogP contribution in [0.1, 0.15) is 24.4 Å². The summed E-state index contributed by atoms with van der Waals surface area (Å²) < 4.78 is 0. The first-order valence-electron chi connectivity index (χ1n) is 12.1. The van der Waals surface area contributed by atoms with Crippen LogP contribution in [0.3, 0.4) is 0 Å². The molecule has 0 bridgehead atoms. The normalized spacial score (nSPS) is 18.3. The molecule has 0 saturated carbocycles. The molecule has 1 amide bonds. The lowest BCUT2D eigenvalue weighted by molar-refractivity contribution is -0.130. The molecule has 2 heterocycles. The van der Waals surface area contributed by atoms with Gasteiger partial charge in [0.15, 0.2) is 5.96 Å². The number of likely N-dealkylation sites (tertiary alicyclic amines) is 1. The monoisotopic (exact) mass is 448 g/mol. The molecule has 0 spiro atoms. The number of benzene rings is 2. The second-order valence-electron chi connectivity index (χ2n) is 8.68. The molecule has 0 aliphatic carbocycles. The number of nitrogens with zero attached hydrogens (tertiary/aromatic N) is 4. The van der Waals surface area contributed by atoms with E-state index in [9.17, 15) is 4.79 Å². The van der Waals surface area contributed by atoms with Crippen LogP contribution in [0, 0.1) is 0 Å². The molecule has 2 saturated heterocycles. The van der Waals surface area contributed by atoms with E-state index in [1.54, 1.807) is 7.05 Å². The number of para-hydroxylation sites is 1. The standard InChI is InChI=1S/C26H36N6O/c1-27-26(28-20-24(31-14-8-9-15-31)22-10-4-2-5-11-22)29-21-25(33)32-18-16-30(17-19-32)23-12-6-3-7-13-23/h2-7,10-13,24H,8-9,14-21H2,1H3,(H2,27,28,29). The van der Waals surface area contributed by atoms with Crippen LogP contribution in [-0.4, -0.2) is 81.1 Å². The number of nitrogens with one attached hydrogen (secondary N) is 2. The number of carbonyl (C=O) groups is 1. The van der Waals surface area contributed by atoms with Gasteiger partial charge in [0.05, 0.1) is 12.6 Å². The van der Waals surface area contributed by atoms with Gasteiger partial charge in [0, 0.05) is 45.5 Å². The zero-order valence-corrected chi connectivity index (χ0v) is 19.6. The maximum Gasteiger partial charge on any atom is 0.242 e. The van der Waals surface area contributed by atoms with Gasteiger partial charge in [0.25, 0.3) is 0 Å². The van der Waals surface area contributed by atoms with Gasteiger partial charge in [0.1, 0.15) is 0 Å². The highest BCUT2D eigenvalue weighted by Gasteiger charge is 2.24. The number of aliphatic imine (C=N–C) groups is 1. The number of anilines is 1. The molecule has 2 aromatic rings. The van der Waals surface area contributed by atoms with Crippen molar-refractivity contribution in [2.75, 3.05) is 64.3 Å². The van der Waals surface area contributed by atoms with Crippen LogP contribution in [-0.2, 0) is 4.79 Å². The van der Waals surface area contributed by atoms with Crippen molar-refractivity contribution in [3.63, 3.8) is 0 Å². The molecule has 0 aromatic heterocycles. The second kappa shape index (κ2) is 11.7. The Kier molecular flexibility index (Phi) is 8.19. The van der Waals surface area contributed by atoms with Crippen molar-refractivity contribution in [3.05, 3.63) is 66.2 Å². The molecular weight excluding hydrogens is 412 g/mol. The summed E-state index contributed by atoms with van der Waals surface area (Å²) in [6.45, 7) is 6.47. The summed E-state index contributed by atoms with van der Waals surface area (Å²) in [5, 5.41) is 6.67. The van der Waals surface area contributed by atoms with Gasteiger partial charge >= 0.3 is 0 Å². The van der Waals surface area contributed by atoms with Gasteiger partial charge in [-0.05, 0) is 43.6 Å². The van der Waals surface area contributed by atoms with E-state index in [0.29, 0.717) is 12.0 Å². The number of piperazine rings is 1. The van der Waals surface area contributed by atoms with Gasteiger partial charge in [-0.2, -0.15) is 0 Å². The van der Waals surface area contributed by atoms with Crippen LogP contribution in [0.5, 0.6) is 0 Å². The van der Waals surface area contributed by atoms with Crippen molar-refractivity contribution in [2.24, 2.45) is 4.99 Å². The molecule has 2 fully saturated rings. The number of guanidine groups is 1. The predicted molar refractivity (Wildman–Crippen MR) is 135 cm³/mol. The van der Waals surface area contributed by atoms with Gasteiger partial charge < -0.3 is 20.4 Å². The highest BCUT2D eigenvalue weighted by atomic mass is 16.2. The Morgan fingerprint density at radius 3 is 2.15 bits per heavy atom. The third-order valence-corrected chi connectivity index (χ3v) is 6.61. The van der Waals surface area contributed by atoms with E-state index in [0.717, 1.165) is 45.8 Å². The Labute approximate surface area is 197 Å². The molecular formula is C26H36N6O. The lowest BCUT2D eigenvalue weighted by Gasteiger charge is -2.36. The molecule has 33 heavy (non-hydrogen) atoms. The molecule has 7 nitrogen and oxygen atoms in total. The van der Waals surface area contributed by atoms with Gasteiger partial charge in [-0.1, -0.05) is 48.5 Å². The summed E-state index contributed by atoms with van der Waals surface area (Å²) in [5.41, 5.74) is 2.54. The molecule has 7 heteroatoms. The van der Waals surface area contributed by atoms with Crippen LogP contribution in [0.4, 0.5) is 5.69 Å². The maximum absolute atomic E-state index is 12.8. The first-order chi connectivity index (χ1) is 16.2. The SMILES string of the molecule is CN=C(NCC(=O)N1CCN(c2ccccc2)CC1)NCC(c1ccccc1)N1CCCC1. The summed E-state index contributed by atoms with van der Waals surface area (Å²) in [5.74, 6) is 0.788. The molecule has 176 valence electrons. The Morgan fingerprint density at radius 2 is 1.52 bits per heavy atom. The highest BCUT2D eigenvalue weighted by Crippen LogP contribution is 2.24. The average molecular weight is 449 g/mol. The Hall–Kier alpha value is -3.06. The number of amides is 1. The lowest BCUT2D eigenvalue weighted by Crippen LogP contribution is -2.52. The van der Waals surface area contributed by atoms with Crippen LogP contribution in [0.15, 0.2) is 65.7 Å². The van der Waals surface area contributed by atoms with Crippen molar-refractivity contribution in [1.29, 1.82) is 0 Å². The molecule has 2 aliphatic heterocycles. The second-order valence-corrected chi connectivity index (χ2v) is 8.68. The average Bonchev–Trinajstić information content (AvgIpc) is 3.42. The Morgan fingerprint density at radius 1 is 0.879 bits per heavy atom. The maximum atomic E-state index is 12.8. The quantitative estimate of drug-likeness (QED) is 0.503. The summed E-state index contributed by atoms with van der Waals surface area (Å²) in [7, 11) is 1.76. The van der Waals surface area contributed by atoms with E-state index in [2.05, 4.69) is 80.0 Å². The summed E-state index contributed by atoms with van der Waals surface area (Å²) >= 11 is 0. The number of hydrogen-bond acceptors (Lipinski definition) is 4. The fraction of sp³-hybridized carbons (Fsp3) is 0.462. The third-order valence-electron chi connectivity index (χ3n) is 6.61. The molecule has 2 aromatic carbocycles. The molecule has 2 aliphatic rings. The number of rotatable bonds is 7. The minimum absolute atomic E-state index is 0.116. The predicted octanol–water partition coefficient (Wildman–Crippen LogP) is 2.34. The Bertz CT molecular complexity index is 890. The number of hydrogen-bond donors (Lipinski definition) is 2. The van der Waals surface area contributed by atoms with Crippen LogP contribution >= 0.6 is 0 Å². The van der Waals surface area contributed by atoms with E-state index in [1.807, 2.05) is 11.0 Å². The number of carbonyl (C=O) groups excluding carboxylic acids is 1. The van der Waals surface area contributed by atoms with Gasteiger partial charge in [-0.3, -0.25) is 14.7 Å². The van der Waals surface area contributed by atoms with Crippen molar-refractivity contribution in [3.8, 4) is 0 Å². The minimum atomic E-state index is 0.116. The summed E-state index contributed by atoms with van der Waals surface area (Å²) in [6.07, 6.45) is 2.50. The summed E-state index contributed by atoms with van der Waals surface area (Å²) in [6, 6.07) is 21.3. The highest BCUT2D eigenvalue weighted by molar-refractivity contribution is 5.86. The minimum Gasteiger partial charge on any atom is -0.368 e. The molecule has 4 rings (SSSR count). The first-order valence-corrected chi connectivity index (χ1v) is 12.1. The van der Waals surface area contributed by atoms with E-state index in [1.165, 1.54) is 24.1 Å². The third kappa shape index (κ3) is 6.26. The van der Waals surface area contributed by atoms with E-state index in [-0.39, 0.29) is 12.5 Å². The van der Waals surface area contributed by atoms with E-state index in [4.69, 9.17) is 0 Å². The lowest BCUT2D eigenvalue weighted by atomic mass is 10.1. The zero-order valence-electron chi connectivity index (χ0n) is 19.6. The first kappa shape index (κ1) is 23.1. The van der Waals surface area contributed by atoms with Crippen molar-refractivity contribution >= 4 is 17.6 Å². The van der Waals surface area contributed by atoms with Gasteiger partial charge in [-0.15, -0.1) is 0 Å². The fourth-order valence-corrected chi connectivity index (χ4v) is 4.72. The molecule has 1 unspecified atom stereocenters. The van der Waals surface area contributed by atoms with Crippen LogP contribution in [0.2, 0.25) is 0 Å². The molecule has 0 radical (unpaired) electrons. The molecule has 1 atom stereocenters. The summed E-state index contributed by atoms with van der Waals surface area (Å²) in [4.78, 5) is 23.9. The van der Waals surface area contributed by atoms with Crippen molar-refractivity contribution in [2.45, 2.75) is 18.9 Å². The van der Waals surface area contributed by atoms with Crippen LogP contribution in [0.25, 0.3) is 0 Å². The molecule has 2 N–H and O–H groups in total.